The fourth-order valence-corrected chi connectivity index (χ4v) is 6.71. The van der Waals surface area contributed by atoms with E-state index in [1.807, 2.05) is 46.8 Å². The number of aliphatic hydroxyl groups is 1. The summed E-state index contributed by atoms with van der Waals surface area (Å²) in [5.41, 5.74) is 2.87. The highest BCUT2D eigenvalue weighted by atomic mass is 16.5. The molecule has 0 saturated heterocycles. The van der Waals surface area contributed by atoms with E-state index in [1.165, 1.54) is 6.07 Å². The molecule has 14 nitrogen and oxygen atoms in total. The summed E-state index contributed by atoms with van der Waals surface area (Å²) < 4.78 is 28.1. The third-order valence-electron chi connectivity index (χ3n) is 9.83. The number of allylic oxidation sites excluding steroid dienone is 4. The van der Waals surface area contributed by atoms with Crippen LogP contribution in [0.15, 0.2) is 44.6 Å². The molecule has 0 bridgehead atoms. The van der Waals surface area contributed by atoms with Gasteiger partial charge in [0.25, 0.3) is 12.9 Å². The van der Waals surface area contributed by atoms with Crippen molar-refractivity contribution >= 4 is 52.4 Å². The number of ether oxygens (including phenoxy) is 4. The van der Waals surface area contributed by atoms with Gasteiger partial charge in [0, 0.05) is 61.3 Å². The first-order valence-corrected chi connectivity index (χ1v) is 20.0. The fourth-order valence-electron chi connectivity index (χ4n) is 6.71. The molecule has 59 heavy (non-hydrogen) atoms. The highest BCUT2D eigenvalue weighted by molar-refractivity contribution is 5.97. The van der Waals surface area contributed by atoms with Gasteiger partial charge in [-0.2, -0.15) is 0 Å². The van der Waals surface area contributed by atoms with Crippen molar-refractivity contribution in [3.63, 3.8) is 0 Å². The average molecular weight is 823 g/mol. The molecule has 3 rings (SSSR count). The van der Waals surface area contributed by atoms with E-state index >= 15 is 0 Å². The Kier molecular flexibility index (Phi) is 19.8. The van der Waals surface area contributed by atoms with Crippen LogP contribution in [0.5, 0.6) is 17.2 Å². The lowest BCUT2D eigenvalue weighted by atomic mass is 9.95. The summed E-state index contributed by atoms with van der Waals surface area (Å²) in [6, 6.07) is 3.08. The average Bonchev–Trinajstić information content (AvgIpc) is 3.17. The van der Waals surface area contributed by atoms with E-state index in [0.29, 0.717) is 48.2 Å². The van der Waals surface area contributed by atoms with Gasteiger partial charge in [0.15, 0.2) is 0 Å². The molecule has 0 fully saturated rings. The highest BCUT2D eigenvalue weighted by Gasteiger charge is 2.24. The zero-order chi connectivity index (χ0) is 43.5. The van der Waals surface area contributed by atoms with Gasteiger partial charge in [-0.15, -0.1) is 0 Å². The maximum Gasteiger partial charge on any atom is 0.303 e. The molecule has 3 aromatic rings. The Hall–Kier alpha value is -5.50. The third kappa shape index (κ3) is 15.0. The van der Waals surface area contributed by atoms with E-state index < -0.39 is 23.9 Å². The molecule has 2 aromatic carbocycles. The van der Waals surface area contributed by atoms with Crippen LogP contribution in [-0.2, 0) is 52.9 Å². The summed E-state index contributed by atoms with van der Waals surface area (Å²) in [4.78, 5) is 72.0. The molecule has 0 unspecified atom stereocenters. The molecular weight excluding hydrogens is 764 g/mol. The zero-order valence-corrected chi connectivity index (χ0v) is 34.8. The molecule has 14 heteroatoms. The number of phenols is 1. The second-order valence-corrected chi connectivity index (χ2v) is 15.3. The second kappa shape index (κ2) is 24.4. The van der Waals surface area contributed by atoms with Gasteiger partial charge in [-0.05, 0) is 77.7 Å². The van der Waals surface area contributed by atoms with Gasteiger partial charge in [-0.1, -0.05) is 30.2 Å². The quantitative estimate of drug-likeness (QED) is 0.0272. The lowest BCUT2D eigenvalue weighted by Gasteiger charge is -2.18. The number of hydrogen-bond donors (Lipinski definition) is 3. The van der Waals surface area contributed by atoms with E-state index in [0.717, 1.165) is 11.1 Å². The number of aliphatic carboxylic acids is 1. The minimum absolute atomic E-state index is 0.0382. The van der Waals surface area contributed by atoms with Crippen LogP contribution in [0.25, 0.3) is 21.9 Å². The van der Waals surface area contributed by atoms with Crippen molar-refractivity contribution < 1.29 is 62.7 Å². The minimum atomic E-state index is -1.01. The standard InChI is InChI=1S/C45H58O14/c1-28(2)10-13-34-36(24-46)38(58-18-7-9-33(50)21-31(25-56-27-48)12-15-41(51)52)23-39-42(34)45(54)43-40(59-39)22-37(35(44(43)53)14-11-29(3)4)57-17-6-8-32(49)20-30(5)16-19-55-26-47/h10-11,22-23,26-27,30-31,46,53H,6-9,12-21,24-25H2,1-5H3,(H,51,52)/t30-,31-/m0/s1. The number of phenolic OH excluding ortho intramolecular Hbond substituents is 1. The zero-order valence-electron chi connectivity index (χ0n) is 34.8. The Bertz CT molecular complexity index is 2050. The van der Waals surface area contributed by atoms with Crippen LogP contribution < -0.4 is 14.9 Å². The van der Waals surface area contributed by atoms with Gasteiger partial charge < -0.3 is 38.7 Å². The molecule has 0 aliphatic heterocycles. The van der Waals surface area contributed by atoms with Crippen molar-refractivity contribution in [1.82, 2.24) is 0 Å². The Morgan fingerprint density at radius 1 is 0.746 bits per heavy atom. The van der Waals surface area contributed by atoms with E-state index in [1.54, 1.807) is 6.07 Å². The Morgan fingerprint density at radius 2 is 1.31 bits per heavy atom. The number of carboxylic acid groups (broad SMARTS) is 1. The normalized spacial score (nSPS) is 12.0. The molecule has 2 atom stereocenters. The smallest absolute Gasteiger partial charge is 0.303 e. The number of aromatic hydroxyl groups is 1. The largest absolute Gasteiger partial charge is 0.507 e. The van der Waals surface area contributed by atoms with Gasteiger partial charge >= 0.3 is 5.97 Å². The maximum atomic E-state index is 14.5. The van der Waals surface area contributed by atoms with E-state index in [9.17, 15) is 39.0 Å². The number of benzene rings is 2. The molecule has 0 amide bonds. The number of ketones is 2. The van der Waals surface area contributed by atoms with Crippen LogP contribution in [0.3, 0.4) is 0 Å². The Balaban J connectivity index is 1.96. The van der Waals surface area contributed by atoms with Crippen molar-refractivity contribution in [3.05, 3.63) is 62.3 Å². The molecule has 1 aromatic heterocycles. The summed E-state index contributed by atoms with van der Waals surface area (Å²) in [7, 11) is 0. The van der Waals surface area contributed by atoms with E-state index in [-0.39, 0.29) is 135 Å². The molecule has 0 aliphatic carbocycles. The number of carbonyl (C=O) groups excluding carboxylic acids is 4. The summed E-state index contributed by atoms with van der Waals surface area (Å²) in [5, 5.41) is 31.5. The first kappa shape index (κ1) is 47.9. The number of hydrogen-bond acceptors (Lipinski definition) is 13. The fraction of sp³-hybridized carbons (Fsp3) is 0.511. The second-order valence-electron chi connectivity index (χ2n) is 15.3. The molecule has 3 N–H and O–H groups in total. The molecule has 0 saturated carbocycles. The third-order valence-corrected chi connectivity index (χ3v) is 9.83. The number of rotatable bonds is 29. The van der Waals surface area contributed by atoms with Crippen LogP contribution in [0.4, 0.5) is 0 Å². The maximum absolute atomic E-state index is 14.5. The molecule has 322 valence electrons. The molecule has 0 spiro atoms. The first-order valence-electron chi connectivity index (χ1n) is 20.0. The van der Waals surface area contributed by atoms with Gasteiger partial charge in [0.1, 0.15) is 45.4 Å². The van der Waals surface area contributed by atoms with E-state index in [4.69, 9.17) is 28.5 Å². The van der Waals surface area contributed by atoms with Crippen LogP contribution in [0.1, 0.15) is 109 Å². The molecule has 1 heterocycles. The summed E-state index contributed by atoms with van der Waals surface area (Å²) in [6.07, 6.45) is 6.36. The lowest BCUT2D eigenvalue weighted by Crippen LogP contribution is -2.16. The van der Waals surface area contributed by atoms with Crippen molar-refractivity contribution in [1.29, 1.82) is 0 Å². The molecule has 0 radical (unpaired) electrons. The molecular formula is C45H58O14. The Morgan fingerprint density at radius 3 is 1.86 bits per heavy atom. The lowest BCUT2D eigenvalue weighted by molar-refractivity contribution is -0.138. The number of fused-ring (bicyclic) bond motifs is 2. The number of carbonyl (C=O) groups is 5. The van der Waals surface area contributed by atoms with Crippen molar-refractivity contribution in [2.45, 2.75) is 112 Å². The number of carboxylic acids is 1. The molecule has 0 aliphatic rings. The van der Waals surface area contributed by atoms with Gasteiger partial charge in [-0.25, -0.2) is 0 Å². The van der Waals surface area contributed by atoms with Crippen LogP contribution in [-0.4, -0.2) is 72.2 Å². The Labute approximate surface area is 344 Å². The summed E-state index contributed by atoms with van der Waals surface area (Å²) >= 11 is 0. The van der Waals surface area contributed by atoms with Crippen molar-refractivity contribution in [2.75, 3.05) is 26.4 Å². The highest BCUT2D eigenvalue weighted by Crippen LogP contribution is 2.39. The minimum Gasteiger partial charge on any atom is -0.507 e. The summed E-state index contributed by atoms with van der Waals surface area (Å²) in [5.74, 6) is -1.23. The number of Topliss-reactive ketones (excluding diaryl/α,β-unsaturated/α-hetero) is 2. The van der Waals surface area contributed by atoms with Crippen LogP contribution >= 0.6 is 0 Å². The van der Waals surface area contributed by atoms with Gasteiger partial charge in [0.05, 0.1) is 38.4 Å². The van der Waals surface area contributed by atoms with E-state index in [2.05, 4.69) is 0 Å². The monoisotopic (exact) mass is 822 g/mol. The van der Waals surface area contributed by atoms with Crippen molar-refractivity contribution in [2.24, 2.45) is 11.8 Å². The predicted molar refractivity (Wildman–Crippen MR) is 221 cm³/mol. The first-order chi connectivity index (χ1) is 28.2. The predicted octanol–water partition coefficient (Wildman–Crippen LogP) is 7.25. The summed E-state index contributed by atoms with van der Waals surface area (Å²) in [6.45, 7) is 10.1. The number of aliphatic hydroxyl groups excluding tert-OH is 1. The SMILES string of the molecule is CC(C)=CCc1c(OCCCC(=O)C[C@@H](C)CCOC=O)cc2oc3cc(OCCCC(=O)C[C@H](CCC(=O)O)COC=O)c(CO)c(CC=C(C)C)c3c(=O)c2c1O. The van der Waals surface area contributed by atoms with Crippen LogP contribution in [0.2, 0.25) is 0 Å². The van der Waals surface area contributed by atoms with Gasteiger partial charge in [-0.3, -0.25) is 28.8 Å². The van der Waals surface area contributed by atoms with Gasteiger partial charge in [0.2, 0.25) is 5.43 Å². The topological polar surface area (TPSA) is 213 Å². The van der Waals surface area contributed by atoms with Crippen molar-refractivity contribution in [3.8, 4) is 17.2 Å². The van der Waals surface area contributed by atoms with Crippen LogP contribution in [0, 0.1) is 11.8 Å².